The zero-order valence-corrected chi connectivity index (χ0v) is 21.0. The van der Waals surface area contributed by atoms with Gasteiger partial charge in [0.1, 0.15) is 0 Å². The van der Waals surface area contributed by atoms with E-state index in [9.17, 15) is 0 Å². The molecular weight excluding hydrogens is 502 g/mol. The van der Waals surface area contributed by atoms with E-state index in [1.807, 2.05) is 0 Å². The Hall–Kier alpha value is -4.14. The highest BCUT2D eigenvalue weighted by atomic mass is 79.9. The van der Waals surface area contributed by atoms with Crippen LogP contribution in [-0.4, -0.2) is 4.57 Å². The zero-order chi connectivity index (χ0) is 23.8. The van der Waals surface area contributed by atoms with Crippen LogP contribution >= 0.6 is 15.9 Å². The van der Waals surface area contributed by atoms with Crippen molar-refractivity contribution in [2.75, 3.05) is 0 Å². The lowest BCUT2D eigenvalue weighted by molar-refractivity contribution is 1.22. The molecule has 36 heavy (non-hydrogen) atoms. The minimum atomic E-state index is 1.15. The van der Waals surface area contributed by atoms with Gasteiger partial charge in [-0.25, -0.2) is 0 Å². The largest absolute Gasteiger partial charge is 0.308 e. The second-order valence-corrected chi connectivity index (χ2v) is 10.2. The lowest BCUT2D eigenvalue weighted by Gasteiger charge is -2.20. The maximum absolute atomic E-state index is 4.08. The lowest BCUT2D eigenvalue weighted by atomic mass is 9.93. The van der Waals surface area contributed by atoms with Crippen LogP contribution in [0.25, 0.3) is 70.6 Å². The third-order valence-corrected chi connectivity index (χ3v) is 8.43. The van der Waals surface area contributed by atoms with Crippen LogP contribution in [0.5, 0.6) is 0 Å². The van der Waals surface area contributed by atoms with Gasteiger partial charge in [0.25, 0.3) is 0 Å². The van der Waals surface area contributed by atoms with E-state index in [1.165, 1.54) is 70.6 Å². The SMILES string of the molecule is Brc1c2ccc3ccccc3c2c(-n2c3ccccc3c3ccccc32)c2ccc3ccccc3c12. The van der Waals surface area contributed by atoms with Crippen LogP contribution in [0.2, 0.25) is 0 Å². The summed E-state index contributed by atoms with van der Waals surface area (Å²) in [4.78, 5) is 0. The van der Waals surface area contributed by atoms with Crippen molar-refractivity contribution in [1.29, 1.82) is 0 Å². The maximum Gasteiger partial charge on any atom is 0.0626 e. The first-order chi connectivity index (χ1) is 17.8. The van der Waals surface area contributed by atoms with E-state index in [-0.39, 0.29) is 0 Å². The molecule has 168 valence electrons. The van der Waals surface area contributed by atoms with Crippen LogP contribution in [0.4, 0.5) is 0 Å². The first-order valence-electron chi connectivity index (χ1n) is 12.2. The standard InChI is InChI=1S/C34H20BrN/c35-33-27-19-17-22-10-2-4-12-24(22)32(27)34(28-20-18-21-9-1-3-11-23(21)31(28)33)36-29-15-7-5-13-25(29)26-14-6-8-16-30(26)36/h1-20H. The summed E-state index contributed by atoms with van der Waals surface area (Å²) in [6.07, 6.45) is 0. The highest BCUT2D eigenvalue weighted by Crippen LogP contribution is 2.46. The third kappa shape index (κ3) is 2.60. The molecule has 0 spiro atoms. The zero-order valence-electron chi connectivity index (χ0n) is 19.4. The van der Waals surface area contributed by atoms with Crippen LogP contribution in [0.1, 0.15) is 0 Å². The van der Waals surface area contributed by atoms with Crippen molar-refractivity contribution in [2.45, 2.75) is 0 Å². The molecule has 2 heteroatoms. The lowest BCUT2D eigenvalue weighted by Crippen LogP contribution is -1.99. The molecule has 1 aromatic heterocycles. The number of halogens is 1. The molecule has 0 saturated carbocycles. The number of nitrogens with zero attached hydrogens (tertiary/aromatic N) is 1. The molecule has 0 amide bonds. The van der Waals surface area contributed by atoms with Crippen LogP contribution in [0, 0.1) is 0 Å². The summed E-state index contributed by atoms with van der Waals surface area (Å²) in [6, 6.07) is 44.1. The second-order valence-electron chi connectivity index (χ2n) is 9.45. The molecule has 0 bridgehead atoms. The number of fused-ring (bicyclic) bond motifs is 9. The highest BCUT2D eigenvalue weighted by molar-refractivity contribution is 9.10. The van der Waals surface area contributed by atoms with Gasteiger partial charge in [-0.1, -0.05) is 109 Å². The van der Waals surface area contributed by atoms with Gasteiger partial charge in [-0.3, -0.25) is 0 Å². The molecule has 0 fully saturated rings. The molecule has 0 aliphatic carbocycles. The van der Waals surface area contributed by atoms with E-state index < -0.39 is 0 Å². The molecule has 0 N–H and O–H groups in total. The molecule has 0 unspecified atom stereocenters. The van der Waals surface area contributed by atoms with Crippen LogP contribution < -0.4 is 0 Å². The predicted molar refractivity (Wildman–Crippen MR) is 159 cm³/mol. The van der Waals surface area contributed by atoms with Crippen molar-refractivity contribution in [3.8, 4) is 5.69 Å². The number of benzene rings is 7. The topological polar surface area (TPSA) is 4.93 Å². The van der Waals surface area contributed by atoms with E-state index in [0.29, 0.717) is 0 Å². The van der Waals surface area contributed by atoms with E-state index in [0.717, 1.165) is 4.47 Å². The van der Waals surface area contributed by atoms with Gasteiger partial charge in [0.2, 0.25) is 0 Å². The minimum Gasteiger partial charge on any atom is -0.308 e. The van der Waals surface area contributed by atoms with Gasteiger partial charge in [0.05, 0.1) is 16.7 Å². The van der Waals surface area contributed by atoms with Gasteiger partial charge < -0.3 is 4.57 Å². The average molecular weight is 522 g/mol. The Morgan fingerprint density at radius 1 is 0.389 bits per heavy atom. The summed E-state index contributed by atoms with van der Waals surface area (Å²) in [6.45, 7) is 0. The Balaban J connectivity index is 1.74. The van der Waals surface area contributed by atoms with Gasteiger partial charge in [0.15, 0.2) is 0 Å². The molecule has 0 radical (unpaired) electrons. The summed E-state index contributed by atoms with van der Waals surface area (Å²) in [5.74, 6) is 0. The molecule has 0 aliphatic rings. The Morgan fingerprint density at radius 2 is 0.861 bits per heavy atom. The molecule has 8 aromatic rings. The van der Waals surface area contributed by atoms with Crippen molar-refractivity contribution in [1.82, 2.24) is 4.57 Å². The Kier molecular flexibility index (Phi) is 4.15. The predicted octanol–water partition coefficient (Wildman–Crippen LogP) is 10.2. The fraction of sp³-hybridized carbons (Fsp3) is 0. The fourth-order valence-corrected chi connectivity index (χ4v) is 6.84. The van der Waals surface area contributed by atoms with Gasteiger partial charge in [0, 0.05) is 31.4 Å². The number of rotatable bonds is 1. The Morgan fingerprint density at radius 3 is 1.47 bits per heavy atom. The molecule has 0 aliphatic heterocycles. The van der Waals surface area contributed by atoms with Gasteiger partial charge in [-0.2, -0.15) is 0 Å². The van der Waals surface area contributed by atoms with Gasteiger partial charge in [-0.05, 0) is 55.0 Å². The smallest absolute Gasteiger partial charge is 0.0626 e. The molecule has 0 saturated heterocycles. The monoisotopic (exact) mass is 521 g/mol. The molecule has 1 nitrogen and oxygen atoms in total. The summed E-state index contributed by atoms with van der Waals surface area (Å²) >= 11 is 4.08. The minimum absolute atomic E-state index is 1.15. The first-order valence-corrected chi connectivity index (χ1v) is 13.0. The van der Waals surface area contributed by atoms with Crippen molar-refractivity contribution in [3.63, 3.8) is 0 Å². The Labute approximate surface area is 216 Å². The quantitative estimate of drug-likeness (QED) is 0.149. The number of hydrogen-bond acceptors (Lipinski definition) is 0. The summed E-state index contributed by atoms with van der Waals surface area (Å²) in [7, 11) is 0. The number of aromatic nitrogens is 1. The van der Waals surface area contributed by atoms with Crippen LogP contribution in [0.3, 0.4) is 0 Å². The molecule has 0 atom stereocenters. The van der Waals surface area contributed by atoms with Gasteiger partial charge >= 0.3 is 0 Å². The van der Waals surface area contributed by atoms with E-state index in [4.69, 9.17) is 0 Å². The summed E-state index contributed by atoms with van der Waals surface area (Å²) < 4.78 is 3.64. The van der Waals surface area contributed by atoms with Crippen molar-refractivity contribution < 1.29 is 0 Å². The number of hydrogen-bond donors (Lipinski definition) is 0. The van der Waals surface area contributed by atoms with Crippen LogP contribution in [0.15, 0.2) is 126 Å². The van der Waals surface area contributed by atoms with Crippen molar-refractivity contribution >= 4 is 80.8 Å². The fourth-order valence-electron chi connectivity index (χ4n) is 6.08. The van der Waals surface area contributed by atoms with E-state index >= 15 is 0 Å². The third-order valence-electron chi connectivity index (χ3n) is 7.61. The molecule has 1 heterocycles. The molecule has 8 rings (SSSR count). The normalized spacial score (nSPS) is 12.0. The van der Waals surface area contributed by atoms with Crippen molar-refractivity contribution in [2.24, 2.45) is 0 Å². The van der Waals surface area contributed by atoms with E-state index in [1.54, 1.807) is 0 Å². The number of para-hydroxylation sites is 2. The summed E-state index contributed by atoms with van der Waals surface area (Å²) in [5.41, 5.74) is 3.69. The summed E-state index contributed by atoms with van der Waals surface area (Å²) in [5, 5.41) is 12.6. The van der Waals surface area contributed by atoms with Crippen molar-refractivity contribution in [3.05, 3.63) is 126 Å². The maximum atomic E-state index is 4.08. The average Bonchev–Trinajstić information content (AvgIpc) is 3.27. The molecule has 7 aromatic carbocycles. The second kappa shape index (κ2) is 7.43. The Bertz CT molecular complexity index is 2110. The van der Waals surface area contributed by atoms with E-state index in [2.05, 4.69) is 142 Å². The first kappa shape index (κ1) is 20.1. The molecular formula is C34H20BrN. The van der Waals surface area contributed by atoms with Gasteiger partial charge in [-0.15, -0.1) is 0 Å². The van der Waals surface area contributed by atoms with Crippen LogP contribution in [-0.2, 0) is 0 Å². The highest BCUT2D eigenvalue weighted by Gasteiger charge is 2.21.